The molecule has 0 fully saturated rings. The molecule has 1 aromatic heterocycles. The van der Waals surface area contributed by atoms with Gasteiger partial charge in [0.1, 0.15) is 17.3 Å². The van der Waals surface area contributed by atoms with E-state index < -0.39 is 4.92 Å². The van der Waals surface area contributed by atoms with Gasteiger partial charge in [0.05, 0.1) is 29.9 Å². The first kappa shape index (κ1) is 18.8. The van der Waals surface area contributed by atoms with Gasteiger partial charge >= 0.3 is 0 Å². The Morgan fingerprint density at radius 1 is 1.21 bits per heavy atom. The number of rotatable bonds is 6. The second kappa shape index (κ2) is 8.17. The van der Waals surface area contributed by atoms with E-state index in [9.17, 15) is 14.9 Å². The summed E-state index contributed by atoms with van der Waals surface area (Å²) in [5.74, 6) is 0.858. The van der Waals surface area contributed by atoms with E-state index in [1.54, 1.807) is 30.3 Å². The number of methoxy groups -OCH3 is 1. The summed E-state index contributed by atoms with van der Waals surface area (Å²) in [7, 11) is 1.43. The minimum Gasteiger partial charge on any atom is -0.496 e. The Morgan fingerprint density at radius 3 is 2.71 bits per heavy atom. The number of non-ortho nitro benzene ring substituents is 1. The second-order valence-corrected chi connectivity index (χ2v) is 5.86. The molecule has 0 aliphatic heterocycles. The van der Waals surface area contributed by atoms with Crippen LogP contribution in [0.1, 0.15) is 21.7 Å². The van der Waals surface area contributed by atoms with Crippen molar-refractivity contribution in [2.75, 3.05) is 7.11 Å². The molecule has 28 heavy (non-hydrogen) atoms. The van der Waals surface area contributed by atoms with Crippen molar-refractivity contribution < 1.29 is 18.9 Å². The molecule has 2 aromatic carbocycles. The minimum absolute atomic E-state index is 0.0761. The van der Waals surface area contributed by atoms with E-state index in [1.807, 2.05) is 19.1 Å². The predicted octanol–water partition coefficient (Wildman–Crippen LogP) is 3.94. The third kappa shape index (κ3) is 4.07. The molecule has 142 valence electrons. The number of hydrogen-bond acceptors (Lipinski definition) is 6. The van der Waals surface area contributed by atoms with Gasteiger partial charge < -0.3 is 9.15 Å². The largest absolute Gasteiger partial charge is 0.496 e. The summed E-state index contributed by atoms with van der Waals surface area (Å²) in [6.45, 7) is 1.84. The van der Waals surface area contributed by atoms with Crippen molar-refractivity contribution in [1.82, 2.24) is 5.43 Å². The molecule has 1 heterocycles. The van der Waals surface area contributed by atoms with Crippen LogP contribution in [-0.4, -0.2) is 24.2 Å². The molecule has 0 atom stereocenters. The fraction of sp³-hybridized carbons (Fsp3) is 0.100. The third-order valence-electron chi connectivity index (χ3n) is 4.04. The van der Waals surface area contributed by atoms with Gasteiger partial charge in [-0.1, -0.05) is 18.2 Å². The monoisotopic (exact) mass is 379 g/mol. The van der Waals surface area contributed by atoms with Gasteiger partial charge in [0, 0.05) is 11.6 Å². The summed E-state index contributed by atoms with van der Waals surface area (Å²) in [4.78, 5) is 22.5. The highest BCUT2D eigenvalue weighted by Crippen LogP contribution is 2.33. The van der Waals surface area contributed by atoms with E-state index >= 15 is 0 Å². The molecule has 3 rings (SSSR count). The maximum absolute atomic E-state index is 12.1. The number of benzene rings is 2. The Hall–Kier alpha value is -3.94. The van der Waals surface area contributed by atoms with Crippen LogP contribution in [0, 0.1) is 17.0 Å². The van der Waals surface area contributed by atoms with Crippen molar-refractivity contribution in [3.05, 3.63) is 81.6 Å². The van der Waals surface area contributed by atoms with Crippen LogP contribution in [-0.2, 0) is 0 Å². The molecule has 0 radical (unpaired) electrons. The molecule has 8 nitrogen and oxygen atoms in total. The Labute approximate surface area is 160 Å². The summed E-state index contributed by atoms with van der Waals surface area (Å²) in [5, 5.41) is 14.8. The van der Waals surface area contributed by atoms with Crippen LogP contribution in [0.25, 0.3) is 11.3 Å². The quantitative estimate of drug-likeness (QED) is 0.397. The summed E-state index contributed by atoms with van der Waals surface area (Å²) in [5.41, 5.74) is 4.33. The summed E-state index contributed by atoms with van der Waals surface area (Å²) >= 11 is 0. The van der Waals surface area contributed by atoms with E-state index in [1.165, 1.54) is 25.5 Å². The van der Waals surface area contributed by atoms with Crippen LogP contribution in [0.2, 0.25) is 0 Å². The number of carbonyl (C=O) groups is 1. The summed E-state index contributed by atoms with van der Waals surface area (Å²) in [6, 6.07) is 14.8. The SMILES string of the molecule is COc1cc([N+](=O)[O-])ccc1-c1ccc(/C=N/NC(=O)c2ccccc2C)o1. The lowest BCUT2D eigenvalue weighted by atomic mass is 10.1. The van der Waals surface area contributed by atoms with E-state index in [0.29, 0.717) is 28.4 Å². The van der Waals surface area contributed by atoms with Crippen LogP contribution < -0.4 is 10.2 Å². The standard InChI is InChI=1S/C20H17N3O5/c1-13-5-3-4-6-16(13)20(24)22-21-12-15-8-10-18(28-15)17-9-7-14(23(25)26)11-19(17)27-2/h3-12H,1-2H3,(H,22,24)/b21-12+. The highest BCUT2D eigenvalue weighted by Gasteiger charge is 2.15. The van der Waals surface area contributed by atoms with E-state index in [2.05, 4.69) is 10.5 Å². The Balaban J connectivity index is 1.74. The highest BCUT2D eigenvalue weighted by molar-refractivity contribution is 5.96. The normalized spacial score (nSPS) is 10.8. The van der Waals surface area contributed by atoms with Gasteiger partial charge in [-0.25, -0.2) is 5.43 Å². The lowest BCUT2D eigenvalue weighted by Crippen LogP contribution is -2.18. The van der Waals surface area contributed by atoms with Crippen LogP contribution >= 0.6 is 0 Å². The molecule has 0 spiro atoms. The summed E-state index contributed by atoms with van der Waals surface area (Å²) in [6.07, 6.45) is 1.37. The number of aryl methyl sites for hydroxylation is 1. The molecule has 0 saturated carbocycles. The van der Waals surface area contributed by atoms with Crippen molar-refractivity contribution in [3.63, 3.8) is 0 Å². The number of hydrogen-bond donors (Lipinski definition) is 1. The molecular formula is C20H17N3O5. The first-order valence-electron chi connectivity index (χ1n) is 8.31. The molecule has 0 aliphatic rings. The Morgan fingerprint density at radius 2 is 2.00 bits per heavy atom. The van der Waals surface area contributed by atoms with Gasteiger partial charge in [0.25, 0.3) is 11.6 Å². The number of nitro benzene ring substituents is 1. The molecule has 3 aromatic rings. The van der Waals surface area contributed by atoms with Crippen LogP contribution in [0.5, 0.6) is 5.75 Å². The van der Waals surface area contributed by atoms with Gasteiger partial charge in [-0.3, -0.25) is 14.9 Å². The molecule has 1 amide bonds. The van der Waals surface area contributed by atoms with Crippen molar-refractivity contribution in [2.45, 2.75) is 6.92 Å². The lowest BCUT2D eigenvalue weighted by molar-refractivity contribution is -0.384. The van der Waals surface area contributed by atoms with E-state index in [4.69, 9.17) is 9.15 Å². The number of nitro groups is 1. The number of hydrazone groups is 1. The van der Waals surface area contributed by atoms with Crippen molar-refractivity contribution in [2.24, 2.45) is 5.10 Å². The smallest absolute Gasteiger partial charge is 0.273 e. The first-order chi connectivity index (χ1) is 13.5. The van der Waals surface area contributed by atoms with Gasteiger partial charge in [-0.2, -0.15) is 5.10 Å². The molecule has 0 aliphatic carbocycles. The maximum atomic E-state index is 12.1. The van der Waals surface area contributed by atoms with Crippen LogP contribution in [0.4, 0.5) is 5.69 Å². The third-order valence-corrected chi connectivity index (χ3v) is 4.04. The molecular weight excluding hydrogens is 362 g/mol. The first-order valence-corrected chi connectivity index (χ1v) is 8.31. The van der Waals surface area contributed by atoms with Crippen molar-refractivity contribution in [3.8, 4) is 17.1 Å². The average molecular weight is 379 g/mol. The molecule has 0 unspecified atom stereocenters. The fourth-order valence-corrected chi connectivity index (χ4v) is 2.61. The number of carbonyl (C=O) groups excluding carboxylic acids is 1. The van der Waals surface area contributed by atoms with E-state index in [-0.39, 0.29) is 11.6 Å². The molecule has 1 N–H and O–H groups in total. The molecule has 0 bridgehead atoms. The van der Waals surface area contributed by atoms with Gasteiger partial charge in [-0.15, -0.1) is 0 Å². The topological polar surface area (TPSA) is 107 Å². The van der Waals surface area contributed by atoms with Crippen LogP contribution in [0.3, 0.4) is 0 Å². The maximum Gasteiger partial charge on any atom is 0.273 e. The van der Waals surface area contributed by atoms with Crippen molar-refractivity contribution >= 4 is 17.8 Å². The van der Waals surface area contributed by atoms with Gasteiger partial charge in [0.15, 0.2) is 0 Å². The molecule has 0 saturated heterocycles. The predicted molar refractivity (Wildman–Crippen MR) is 104 cm³/mol. The number of furan rings is 1. The molecule has 8 heteroatoms. The fourth-order valence-electron chi connectivity index (χ4n) is 2.61. The lowest BCUT2D eigenvalue weighted by Gasteiger charge is -2.05. The zero-order chi connectivity index (χ0) is 20.1. The number of nitrogens with one attached hydrogen (secondary N) is 1. The Kier molecular flexibility index (Phi) is 5.50. The zero-order valence-corrected chi connectivity index (χ0v) is 15.2. The van der Waals surface area contributed by atoms with Gasteiger partial charge in [-0.05, 0) is 36.8 Å². The number of amides is 1. The zero-order valence-electron chi connectivity index (χ0n) is 15.2. The summed E-state index contributed by atoms with van der Waals surface area (Å²) < 4.78 is 10.9. The van der Waals surface area contributed by atoms with Crippen molar-refractivity contribution in [1.29, 1.82) is 0 Å². The Bertz CT molecular complexity index is 1060. The van der Waals surface area contributed by atoms with Crippen LogP contribution in [0.15, 0.2) is 64.1 Å². The minimum atomic E-state index is -0.496. The van der Waals surface area contributed by atoms with Gasteiger partial charge in [0.2, 0.25) is 0 Å². The average Bonchev–Trinajstić information content (AvgIpc) is 3.16. The highest BCUT2D eigenvalue weighted by atomic mass is 16.6. The van der Waals surface area contributed by atoms with E-state index in [0.717, 1.165) is 5.56 Å². The number of ether oxygens (including phenoxy) is 1. The second-order valence-electron chi connectivity index (χ2n) is 5.86. The number of nitrogens with zero attached hydrogens (tertiary/aromatic N) is 2.